The molecule has 144 valence electrons. The van der Waals surface area contributed by atoms with E-state index in [1.54, 1.807) is 12.1 Å². The van der Waals surface area contributed by atoms with Crippen molar-refractivity contribution in [2.45, 2.75) is 37.1 Å². The van der Waals surface area contributed by atoms with E-state index in [-0.39, 0.29) is 10.8 Å². The van der Waals surface area contributed by atoms with E-state index < -0.39 is 10.0 Å². The third kappa shape index (κ3) is 5.22. The number of sulfonamides is 1. The van der Waals surface area contributed by atoms with Crippen molar-refractivity contribution in [2.24, 2.45) is 5.92 Å². The molecule has 1 atom stereocenters. The maximum absolute atomic E-state index is 12.5. The van der Waals surface area contributed by atoms with Crippen molar-refractivity contribution in [2.75, 3.05) is 36.5 Å². The molecule has 3 rings (SSSR count). The SMILES string of the molecule is CC(=O)Nc1ccc(S(=O)(=O)NCC2CCN([C@@H]3CCSC3)CC2)cc1. The van der Waals surface area contributed by atoms with Crippen LogP contribution in [0, 0.1) is 5.92 Å². The topological polar surface area (TPSA) is 78.5 Å². The molecule has 2 saturated heterocycles. The summed E-state index contributed by atoms with van der Waals surface area (Å²) >= 11 is 2.04. The molecule has 0 radical (unpaired) electrons. The van der Waals surface area contributed by atoms with E-state index in [9.17, 15) is 13.2 Å². The van der Waals surface area contributed by atoms with Crippen LogP contribution in [-0.2, 0) is 14.8 Å². The molecule has 1 aromatic carbocycles. The van der Waals surface area contributed by atoms with Crippen molar-refractivity contribution in [3.8, 4) is 0 Å². The van der Waals surface area contributed by atoms with E-state index in [1.807, 2.05) is 11.8 Å². The molecule has 0 aliphatic carbocycles. The monoisotopic (exact) mass is 397 g/mol. The number of carbonyl (C=O) groups excluding carboxylic acids is 1. The van der Waals surface area contributed by atoms with Gasteiger partial charge in [-0.15, -0.1) is 0 Å². The lowest BCUT2D eigenvalue weighted by atomic mass is 9.96. The highest BCUT2D eigenvalue weighted by Crippen LogP contribution is 2.27. The number of nitrogens with one attached hydrogen (secondary N) is 2. The third-order valence-corrected chi connectivity index (χ3v) is 7.70. The highest BCUT2D eigenvalue weighted by Gasteiger charge is 2.28. The molecule has 0 bridgehead atoms. The molecule has 8 heteroatoms. The highest BCUT2D eigenvalue weighted by molar-refractivity contribution is 7.99. The molecule has 2 aliphatic rings. The number of rotatable bonds is 6. The van der Waals surface area contributed by atoms with Gasteiger partial charge in [0.15, 0.2) is 0 Å². The number of nitrogens with zero attached hydrogens (tertiary/aromatic N) is 1. The molecule has 1 amide bonds. The summed E-state index contributed by atoms with van der Waals surface area (Å²) < 4.78 is 27.7. The number of thioether (sulfide) groups is 1. The summed E-state index contributed by atoms with van der Waals surface area (Å²) in [4.78, 5) is 13.8. The van der Waals surface area contributed by atoms with Gasteiger partial charge in [0.1, 0.15) is 0 Å². The molecule has 1 aromatic rings. The standard InChI is InChI=1S/C18H27N3O3S2/c1-14(22)20-16-2-4-18(5-3-16)26(23,24)19-12-15-6-9-21(10-7-15)17-8-11-25-13-17/h2-5,15,17,19H,6-13H2,1H3,(H,20,22)/t17-/m1/s1. The van der Waals surface area contributed by atoms with Gasteiger partial charge in [0, 0.05) is 31.0 Å². The minimum atomic E-state index is -3.51. The Bertz CT molecular complexity index is 708. The van der Waals surface area contributed by atoms with Gasteiger partial charge in [0.05, 0.1) is 4.90 Å². The summed E-state index contributed by atoms with van der Waals surface area (Å²) in [6, 6.07) is 6.98. The molecule has 2 fully saturated rings. The summed E-state index contributed by atoms with van der Waals surface area (Å²) in [6.07, 6.45) is 3.38. The van der Waals surface area contributed by atoms with E-state index >= 15 is 0 Å². The number of anilines is 1. The van der Waals surface area contributed by atoms with E-state index in [1.165, 1.54) is 37.0 Å². The van der Waals surface area contributed by atoms with Crippen molar-refractivity contribution in [3.63, 3.8) is 0 Å². The van der Waals surface area contributed by atoms with Crippen LogP contribution in [0.4, 0.5) is 5.69 Å². The van der Waals surface area contributed by atoms with Gasteiger partial charge in [-0.25, -0.2) is 13.1 Å². The van der Waals surface area contributed by atoms with Crippen molar-refractivity contribution in [1.29, 1.82) is 0 Å². The fraction of sp³-hybridized carbons (Fsp3) is 0.611. The molecule has 0 aromatic heterocycles. The van der Waals surface area contributed by atoms with Crippen molar-refractivity contribution in [1.82, 2.24) is 9.62 Å². The second-order valence-electron chi connectivity index (χ2n) is 7.05. The maximum Gasteiger partial charge on any atom is 0.240 e. The second-order valence-corrected chi connectivity index (χ2v) is 9.97. The van der Waals surface area contributed by atoms with Gasteiger partial charge in [-0.2, -0.15) is 11.8 Å². The highest BCUT2D eigenvalue weighted by atomic mass is 32.2. The molecule has 2 aliphatic heterocycles. The van der Waals surface area contributed by atoms with E-state index in [2.05, 4.69) is 14.9 Å². The number of hydrogen-bond donors (Lipinski definition) is 2. The Morgan fingerprint density at radius 2 is 1.88 bits per heavy atom. The molecule has 2 N–H and O–H groups in total. The first kappa shape index (κ1) is 19.7. The summed E-state index contributed by atoms with van der Waals surface area (Å²) in [6.45, 7) is 4.05. The van der Waals surface area contributed by atoms with Crippen LogP contribution >= 0.6 is 11.8 Å². The van der Waals surface area contributed by atoms with Gasteiger partial charge < -0.3 is 5.32 Å². The lowest BCUT2D eigenvalue weighted by Crippen LogP contribution is -2.43. The number of benzene rings is 1. The Balaban J connectivity index is 1.48. The summed E-state index contributed by atoms with van der Waals surface area (Å²) in [5.41, 5.74) is 0.592. The third-order valence-electron chi connectivity index (χ3n) is 5.12. The first-order valence-electron chi connectivity index (χ1n) is 9.13. The Morgan fingerprint density at radius 1 is 1.19 bits per heavy atom. The number of carbonyl (C=O) groups is 1. The zero-order valence-corrected chi connectivity index (χ0v) is 16.7. The van der Waals surface area contributed by atoms with Crippen LogP contribution in [-0.4, -0.2) is 56.4 Å². The number of hydrogen-bond acceptors (Lipinski definition) is 5. The number of piperidine rings is 1. The van der Waals surface area contributed by atoms with Gasteiger partial charge >= 0.3 is 0 Å². The van der Waals surface area contributed by atoms with Crippen LogP contribution in [0.25, 0.3) is 0 Å². The van der Waals surface area contributed by atoms with Crippen molar-refractivity contribution >= 4 is 33.4 Å². The van der Waals surface area contributed by atoms with Crippen LogP contribution in [0.5, 0.6) is 0 Å². The zero-order valence-electron chi connectivity index (χ0n) is 15.1. The molecule has 26 heavy (non-hydrogen) atoms. The average Bonchev–Trinajstić information content (AvgIpc) is 3.15. The molecule has 6 nitrogen and oxygen atoms in total. The molecular formula is C18H27N3O3S2. The fourth-order valence-corrected chi connectivity index (χ4v) is 5.93. The van der Waals surface area contributed by atoms with Crippen molar-refractivity contribution < 1.29 is 13.2 Å². The zero-order chi connectivity index (χ0) is 18.6. The van der Waals surface area contributed by atoms with Crippen LogP contribution < -0.4 is 10.0 Å². The van der Waals surface area contributed by atoms with Crippen LogP contribution in [0.1, 0.15) is 26.2 Å². The van der Waals surface area contributed by atoms with Gasteiger partial charge in [0.25, 0.3) is 0 Å². The van der Waals surface area contributed by atoms with Gasteiger partial charge in [-0.3, -0.25) is 9.69 Å². The Morgan fingerprint density at radius 3 is 2.46 bits per heavy atom. The molecule has 0 saturated carbocycles. The Labute approximate surface area is 160 Å². The first-order chi connectivity index (χ1) is 12.4. The second kappa shape index (κ2) is 8.73. The molecular weight excluding hydrogens is 370 g/mol. The number of amides is 1. The van der Waals surface area contributed by atoms with Crippen LogP contribution in [0.3, 0.4) is 0 Å². The minimum Gasteiger partial charge on any atom is -0.326 e. The molecule has 2 heterocycles. The molecule has 0 spiro atoms. The fourth-order valence-electron chi connectivity index (χ4n) is 3.56. The van der Waals surface area contributed by atoms with Gasteiger partial charge in [0.2, 0.25) is 15.9 Å². The average molecular weight is 398 g/mol. The predicted octanol–water partition coefficient (Wildman–Crippen LogP) is 2.14. The van der Waals surface area contributed by atoms with Gasteiger partial charge in [-0.05, 0) is 68.3 Å². The number of likely N-dealkylation sites (tertiary alicyclic amines) is 1. The normalized spacial score (nSPS) is 22.4. The van der Waals surface area contributed by atoms with E-state index in [0.717, 1.165) is 32.0 Å². The largest absolute Gasteiger partial charge is 0.326 e. The Kier molecular flexibility index (Phi) is 6.60. The van der Waals surface area contributed by atoms with Crippen LogP contribution in [0.2, 0.25) is 0 Å². The quantitative estimate of drug-likeness (QED) is 0.769. The summed E-state index contributed by atoms with van der Waals surface area (Å²) in [5.74, 6) is 2.73. The minimum absolute atomic E-state index is 0.179. The Hall–Kier alpha value is -1.09. The van der Waals surface area contributed by atoms with E-state index in [0.29, 0.717) is 18.2 Å². The molecule has 0 unspecified atom stereocenters. The predicted molar refractivity (Wildman–Crippen MR) is 106 cm³/mol. The summed E-state index contributed by atoms with van der Waals surface area (Å²) in [5, 5.41) is 2.63. The van der Waals surface area contributed by atoms with Crippen molar-refractivity contribution in [3.05, 3.63) is 24.3 Å². The first-order valence-corrected chi connectivity index (χ1v) is 11.8. The maximum atomic E-state index is 12.5. The lowest BCUT2D eigenvalue weighted by Gasteiger charge is -2.35. The van der Waals surface area contributed by atoms with Gasteiger partial charge in [-0.1, -0.05) is 0 Å². The van der Waals surface area contributed by atoms with E-state index in [4.69, 9.17) is 0 Å². The van der Waals surface area contributed by atoms with Crippen LogP contribution in [0.15, 0.2) is 29.2 Å². The lowest BCUT2D eigenvalue weighted by molar-refractivity contribution is -0.114. The smallest absolute Gasteiger partial charge is 0.240 e. The summed E-state index contributed by atoms with van der Waals surface area (Å²) in [7, 11) is -3.51.